The Labute approximate surface area is 130 Å². The number of nitrogens with one attached hydrogen (secondary N) is 1. The molecule has 114 valence electrons. The van der Waals surface area contributed by atoms with Gasteiger partial charge in [-0.25, -0.2) is 0 Å². The van der Waals surface area contributed by atoms with Gasteiger partial charge in [0.1, 0.15) is 0 Å². The molecule has 1 fully saturated rings. The standard InChI is InChI=1S/C18H20N2O2/c1-13(21)20-10-8-15(9-11-20)18(22)19-17-7-6-14-4-2-3-5-16(14)12-17/h2-7,12,15H,8-11H2,1H3,(H,19,22). The second-order valence-corrected chi connectivity index (χ2v) is 5.83. The third-order valence-electron chi connectivity index (χ3n) is 4.33. The Morgan fingerprint density at radius 1 is 1.05 bits per heavy atom. The number of benzene rings is 2. The third-order valence-corrected chi connectivity index (χ3v) is 4.33. The van der Waals surface area contributed by atoms with E-state index in [1.54, 1.807) is 11.8 Å². The van der Waals surface area contributed by atoms with E-state index in [1.807, 2.05) is 36.4 Å². The first-order valence-corrected chi connectivity index (χ1v) is 7.68. The van der Waals surface area contributed by atoms with E-state index in [2.05, 4.69) is 11.4 Å². The zero-order chi connectivity index (χ0) is 15.5. The van der Waals surface area contributed by atoms with Crippen LogP contribution in [0.5, 0.6) is 0 Å². The number of likely N-dealkylation sites (tertiary alicyclic amines) is 1. The SMILES string of the molecule is CC(=O)N1CCC(C(=O)Nc2ccc3ccccc3c2)CC1. The molecule has 1 heterocycles. The van der Waals surface area contributed by atoms with Gasteiger partial charge in [0, 0.05) is 31.6 Å². The number of hydrogen-bond acceptors (Lipinski definition) is 2. The van der Waals surface area contributed by atoms with E-state index in [0.29, 0.717) is 13.1 Å². The van der Waals surface area contributed by atoms with Gasteiger partial charge in [0.2, 0.25) is 11.8 Å². The van der Waals surface area contributed by atoms with Crippen molar-refractivity contribution in [1.82, 2.24) is 4.90 Å². The predicted octanol–water partition coefficient (Wildman–Crippen LogP) is 3.04. The van der Waals surface area contributed by atoms with Crippen LogP contribution in [0.1, 0.15) is 19.8 Å². The van der Waals surface area contributed by atoms with Crippen LogP contribution in [0.2, 0.25) is 0 Å². The molecule has 1 aliphatic rings. The van der Waals surface area contributed by atoms with Gasteiger partial charge in [0.05, 0.1) is 0 Å². The molecular formula is C18H20N2O2. The minimum atomic E-state index is -0.0120. The lowest BCUT2D eigenvalue weighted by molar-refractivity contribution is -0.132. The van der Waals surface area contributed by atoms with Gasteiger partial charge < -0.3 is 10.2 Å². The zero-order valence-corrected chi connectivity index (χ0v) is 12.7. The van der Waals surface area contributed by atoms with Gasteiger partial charge in [-0.15, -0.1) is 0 Å². The number of anilines is 1. The van der Waals surface area contributed by atoms with Crippen molar-refractivity contribution in [3.63, 3.8) is 0 Å². The molecule has 0 aromatic heterocycles. The maximum absolute atomic E-state index is 12.4. The van der Waals surface area contributed by atoms with Crippen molar-refractivity contribution in [3.05, 3.63) is 42.5 Å². The van der Waals surface area contributed by atoms with Gasteiger partial charge >= 0.3 is 0 Å². The number of amides is 2. The van der Waals surface area contributed by atoms with Crippen molar-refractivity contribution < 1.29 is 9.59 Å². The summed E-state index contributed by atoms with van der Waals surface area (Å²) in [6, 6.07) is 14.0. The highest BCUT2D eigenvalue weighted by atomic mass is 16.2. The van der Waals surface area contributed by atoms with Crippen LogP contribution >= 0.6 is 0 Å². The number of carbonyl (C=O) groups excluding carboxylic acids is 2. The molecule has 3 rings (SSSR count). The lowest BCUT2D eigenvalue weighted by atomic mass is 9.95. The molecule has 0 saturated carbocycles. The molecule has 2 amide bonds. The molecule has 2 aromatic carbocycles. The molecule has 1 aliphatic heterocycles. The Bertz CT molecular complexity index is 703. The Kier molecular flexibility index (Phi) is 4.09. The van der Waals surface area contributed by atoms with Crippen LogP contribution < -0.4 is 5.32 Å². The molecule has 0 unspecified atom stereocenters. The summed E-state index contributed by atoms with van der Waals surface area (Å²) in [5, 5.41) is 5.29. The minimum Gasteiger partial charge on any atom is -0.343 e. The highest BCUT2D eigenvalue weighted by Crippen LogP contribution is 2.22. The van der Waals surface area contributed by atoms with Gasteiger partial charge in [-0.2, -0.15) is 0 Å². The van der Waals surface area contributed by atoms with Crippen molar-refractivity contribution in [3.8, 4) is 0 Å². The fourth-order valence-electron chi connectivity index (χ4n) is 2.97. The van der Waals surface area contributed by atoms with E-state index in [1.165, 1.54) is 0 Å². The number of piperidine rings is 1. The maximum Gasteiger partial charge on any atom is 0.227 e. The van der Waals surface area contributed by atoms with Crippen molar-refractivity contribution in [1.29, 1.82) is 0 Å². The summed E-state index contributed by atoms with van der Waals surface area (Å²) in [6.07, 6.45) is 1.47. The molecule has 0 spiro atoms. The minimum absolute atomic E-state index is 0.0120. The molecule has 0 atom stereocenters. The van der Waals surface area contributed by atoms with Crippen molar-refractivity contribution in [2.24, 2.45) is 5.92 Å². The quantitative estimate of drug-likeness (QED) is 0.926. The normalized spacial score (nSPS) is 15.8. The summed E-state index contributed by atoms with van der Waals surface area (Å²) in [7, 11) is 0. The summed E-state index contributed by atoms with van der Waals surface area (Å²) in [6.45, 7) is 2.92. The topological polar surface area (TPSA) is 49.4 Å². The van der Waals surface area contributed by atoms with Gasteiger partial charge in [0.25, 0.3) is 0 Å². The molecular weight excluding hydrogens is 276 g/mol. The monoisotopic (exact) mass is 296 g/mol. The van der Waals surface area contributed by atoms with Crippen LogP contribution in [-0.2, 0) is 9.59 Å². The van der Waals surface area contributed by atoms with E-state index in [-0.39, 0.29) is 17.7 Å². The summed E-state index contributed by atoms with van der Waals surface area (Å²) in [5.74, 6) is 0.133. The Morgan fingerprint density at radius 3 is 2.41 bits per heavy atom. The number of fused-ring (bicyclic) bond motifs is 1. The van der Waals surface area contributed by atoms with Crippen LogP contribution in [0.15, 0.2) is 42.5 Å². The van der Waals surface area contributed by atoms with E-state index in [4.69, 9.17) is 0 Å². The Balaban J connectivity index is 1.65. The molecule has 4 heteroatoms. The fourth-order valence-corrected chi connectivity index (χ4v) is 2.97. The summed E-state index contributed by atoms with van der Waals surface area (Å²) < 4.78 is 0. The number of rotatable bonds is 2. The van der Waals surface area contributed by atoms with Crippen LogP contribution in [0.3, 0.4) is 0 Å². The molecule has 22 heavy (non-hydrogen) atoms. The van der Waals surface area contributed by atoms with Gasteiger partial charge in [-0.3, -0.25) is 9.59 Å². The van der Waals surface area contributed by atoms with Crippen LogP contribution in [0, 0.1) is 5.92 Å². The second kappa shape index (κ2) is 6.18. The highest BCUT2D eigenvalue weighted by molar-refractivity contribution is 5.95. The zero-order valence-electron chi connectivity index (χ0n) is 12.7. The van der Waals surface area contributed by atoms with Gasteiger partial charge in [-0.1, -0.05) is 30.3 Å². The Hall–Kier alpha value is -2.36. The lowest BCUT2D eigenvalue weighted by Crippen LogP contribution is -2.40. The molecule has 2 aromatic rings. The summed E-state index contributed by atoms with van der Waals surface area (Å²) in [5.41, 5.74) is 0.831. The molecule has 1 N–H and O–H groups in total. The first kappa shape index (κ1) is 14.6. The van der Waals surface area contributed by atoms with Gasteiger partial charge in [0.15, 0.2) is 0 Å². The molecule has 0 bridgehead atoms. The Morgan fingerprint density at radius 2 is 1.73 bits per heavy atom. The van der Waals surface area contributed by atoms with Crippen LogP contribution in [0.4, 0.5) is 5.69 Å². The van der Waals surface area contributed by atoms with Crippen molar-refractivity contribution in [2.75, 3.05) is 18.4 Å². The first-order valence-electron chi connectivity index (χ1n) is 7.68. The van der Waals surface area contributed by atoms with Crippen LogP contribution in [-0.4, -0.2) is 29.8 Å². The summed E-state index contributed by atoms with van der Waals surface area (Å²) >= 11 is 0. The number of hydrogen-bond donors (Lipinski definition) is 1. The fraction of sp³-hybridized carbons (Fsp3) is 0.333. The molecule has 0 aliphatic carbocycles. The molecule has 4 nitrogen and oxygen atoms in total. The van der Waals surface area contributed by atoms with E-state index < -0.39 is 0 Å². The van der Waals surface area contributed by atoms with Crippen molar-refractivity contribution in [2.45, 2.75) is 19.8 Å². The first-order chi connectivity index (χ1) is 10.6. The average Bonchev–Trinajstić information content (AvgIpc) is 2.55. The average molecular weight is 296 g/mol. The number of nitrogens with zero attached hydrogens (tertiary/aromatic N) is 1. The summed E-state index contributed by atoms with van der Waals surface area (Å²) in [4.78, 5) is 25.5. The van der Waals surface area contributed by atoms with Crippen LogP contribution in [0.25, 0.3) is 10.8 Å². The highest BCUT2D eigenvalue weighted by Gasteiger charge is 2.25. The van der Waals surface area contributed by atoms with Crippen molar-refractivity contribution >= 4 is 28.3 Å². The van der Waals surface area contributed by atoms with Gasteiger partial charge in [-0.05, 0) is 35.7 Å². The largest absolute Gasteiger partial charge is 0.343 e. The van der Waals surface area contributed by atoms with E-state index in [9.17, 15) is 9.59 Å². The lowest BCUT2D eigenvalue weighted by Gasteiger charge is -2.30. The number of carbonyl (C=O) groups is 2. The predicted molar refractivity (Wildman–Crippen MR) is 87.6 cm³/mol. The smallest absolute Gasteiger partial charge is 0.227 e. The third kappa shape index (κ3) is 3.11. The molecule has 1 saturated heterocycles. The molecule has 0 radical (unpaired) electrons. The van der Waals surface area contributed by atoms with E-state index in [0.717, 1.165) is 29.3 Å². The maximum atomic E-state index is 12.4. The van der Waals surface area contributed by atoms with E-state index >= 15 is 0 Å². The second-order valence-electron chi connectivity index (χ2n) is 5.83.